The third-order valence-electron chi connectivity index (χ3n) is 4.12. The molecule has 1 unspecified atom stereocenters. The first-order chi connectivity index (χ1) is 11.3. The summed E-state index contributed by atoms with van der Waals surface area (Å²) >= 11 is 4.13. The Bertz CT molecular complexity index is 779. The molecule has 0 fully saturated rings. The van der Waals surface area contributed by atoms with Gasteiger partial charge in [-0.2, -0.15) is 0 Å². The molecule has 3 rings (SSSR count). The number of rotatable bonds is 3. The number of aromatic nitrogens is 1. The molecule has 2 aromatic rings. The molecule has 0 N–H and O–H groups in total. The fourth-order valence-electron chi connectivity index (χ4n) is 3.08. The molecular formula is C18H22INO3S. The van der Waals surface area contributed by atoms with Gasteiger partial charge in [0.25, 0.3) is 0 Å². The molecule has 0 saturated carbocycles. The Morgan fingerprint density at radius 1 is 1.33 bits per heavy atom. The van der Waals surface area contributed by atoms with Crippen LogP contribution in [-0.2, 0) is 27.1 Å². The maximum absolute atomic E-state index is 12.3. The van der Waals surface area contributed by atoms with Crippen LogP contribution >= 0.6 is 33.9 Å². The van der Waals surface area contributed by atoms with E-state index in [1.165, 1.54) is 35.8 Å². The van der Waals surface area contributed by atoms with Gasteiger partial charge in [-0.1, -0.05) is 0 Å². The Labute approximate surface area is 160 Å². The van der Waals surface area contributed by atoms with Crippen LogP contribution in [0, 0.1) is 3.57 Å². The number of halogens is 1. The maximum Gasteiger partial charge on any atom is 0.339 e. The van der Waals surface area contributed by atoms with E-state index >= 15 is 0 Å². The third kappa shape index (κ3) is 3.46. The number of ether oxygens (including phenoxy) is 2. The van der Waals surface area contributed by atoms with Crippen molar-refractivity contribution in [1.29, 1.82) is 0 Å². The largest absolute Gasteiger partial charge is 0.467 e. The molecule has 0 radical (unpaired) electrons. The molecule has 4 nitrogen and oxygen atoms in total. The molecule has 1 atom stereocenters. The van der Waals surface area contributed by atoms with E-state index in [1.54, 1.807) is 17.5 Å². The highest BCUT2D eigenvalue weighted by Crippen LogP contribution is 2.40. The Balaban J connectivity index is 2.13. The van der Waals surface area contributed by atoms with Crippen LogP contribution in [0.2, 0.25) is 0 Å². The van der Waals surface area contributed by atoms with Crippen molar-refractivity contribution in [2.24, 2.45) is 0 Å². The highest BCUT2D eigenvalue weighted by Gasteiger charge is 2.31. The number of hydrogen-bond acceptors (Lipinski definition) is 5. The van der Waals surface area contributed by atoms with E-state index in [2.05, 4.69) is 27.6 Å². The molecule has 0 aliphatic heterocycles. The van der Waals surface area contributed by atoms with Gasteiger partial charge in [0, 0.05) is 25.6 Å². The second-order valence-corrected chi connectivity index (χ2v) is 9.21. The van der Waals surface area contributed by atoms with Gasteiger partial charge in [-0.05, 0) is 74.6 Å². The first kappa shape index (κ1) is 18.1. The molecule has 0 saturated heterocycles. The number of esters is 1. The number of fused-ring (bicyclic) bond motifs is 3. The van der Waals surface area contributed by atoms with Crippen LogP contribution in [0.5, 0.6) is 0 Å². The molecule has 130 valence electrons. The molecule has 0 spiro atoms. The number of aryl methyl sites for hydroxylation is 2. The smallest absolute Gasteiger partial charge is 0.339 e. The van der Waals surface area contributed by atoms with Gasteiger partial charge >= 0.3 is 5.97 Å². The van der Waals surface area contributed by atoms with Gasteiger partial charge in [-0.15, -0.1) is 11.3 Å². The number of thiophene rings is 1. The topological polar surface area (TPSA) is 48.4 Å². The number of pyridine rings is 1. The second kappa shape index (κ2) is 6.88. The van der Waals surface area contributed by atoms with Crippen LogP contribution in [0.3, 0.4) is 0 Å². The summed E-state index contributed by atoms with van der Waals surface area (Å²) in [5.74, 6) is -0.381. The van der Waals surface area contributed by atoms with Crippen LogP contribution in [0.1, 0.15) is 55.7 Å². The Morgan fingerprint density at radius 3 is 2.71 bits per heavy atom. The van der Waals surface area contributed by atoms with Gasteiger partial charge in [-0.25, -0.2) is 9.78 Å². The van der Waals surface area contributed by atoms with Gasteiger partial charge in [0.2, 0.25) is 0 Å². The number of nitrogens with zero attached hydrogens (tertiary/aromatic N) is 1. The van der Waals surface area contributed by atoms with Crippen molar-refractivity contribution >= 4 is 50.1 Å². The first-order valence-electron chi connectivity index (χ1n) is 8.16. The molecule has 1 aliphatic rings. The number of methoxy groups -OCH3 is 1. The van der Waals surface area contributed by atoms with Gasteiger partial charge < -0.3 is 9.47 Å². The minimum atomic E-state index is -0.752. The number of hydrogen-bond donors (Lipinski definition) is 0. The lowest BCUT2D eigenvalue weighted by Gasteiger charge is -2.26. The Kier molecular flexibility index (Phi) is 5.18. The van der Waals surface area contributed by atoms with E-state index in [-0.39, 0.29) is 5.97 Å². The average Bonchev–Trinajstić information content (AvgIpc) is 2.91. The van der Waals surface area contributed by atoms with Gasteiger partial charge in [0.15, 0.2) is 6.10 Å². The summed E-state index contributed by atoms with van der Waals surface area (Å²) in [6.07, 6.45) is 5.73. The summed E-state index contributed by atoms with van der Waals surface area (Å²) < 4.78 is 12.1. The highest BCUT2D eigenvalue weighted by atomic mass is 127. The molecule has 2 heterocycles. The van der Waals surface area contributed by atoms with Crippen molar-refractivity contribution in [3.63, 3.8) is 0 Å². The summed E-state index contributed by atoms with van der Waals surface area (Å²) in [5, 5.41) is 1.21. The van der Waals surface area contributed by atoms with Crippen molar-refractivity contribution in [3.8, 4) is 0 Å². The standard InChI is InChI=1S/C18H22INO3S/c1-18(2,3)23-15(17(21)22-4)11-9-20-16-13(14(11)19)10-7-5-6-8-12(10)24-16/h9,15H,5-8H2,1-4H3. The molecular weight excluding hydrogens is 437 g/mol. The predicted molar refractivity (Wildman–Crippen MR) is 105 cm³/mol. The Morgan fingerprint density at radius 2 is 2.04 bits per heavy atom. The zero-order valence-electron chi connectivity index (χ0n) is 14.4. The fraction of sp³-hybridized carbons (Fsp3) is 0.556. The van der Waals surface area contributed by atoms with Crippen LogP contribution < -0.4 is 0 Å². The molecule has 1 aliphatic carbocycles. The van der Waals surface area contributed by atoms with Crippen LogP contribution in [0.4, 0.5) is 0 Å². The summed E-state index contributed by atoms with van der Waals surface area (Å²) in [7, 11) is 1.40. The average molecular weight is 459 g/mol. The molecule has 24 heavy (non-hydrogen) atoms. The van der Waals surface area contributed by atoms with Crippen molar-refractivity contribution < 1.29 is 14.3 Å². The van der Waals surface area contributed by atoms with E-state index in [0.717, 1.165) is 26.8 Å². The van der Waals surface area contributed by atoms with Gasteiger partial charge in [0.05, 0.1) is 12.7 Å². The summed E-state index contributed by atoms with van der Waals surface area (Å²) in [6.45, 7) is 5.82. The normalized spacial score (nSPS) is 16.0. The predicted octanol–water partition coefficient (Wildman–Crippen LogP) is 4.81. The second-order valence-electron chi connectivity index (χ2n) is 7.05. The molecule has 0 amide bonds. The quantitative estimate of drug-likeness (QED) is 0.489. The minimum absolute atomic E-state index is 0.381. The maximum atomic E-state index is 12.3. The SMILES string of the molecule is COC(=O)C(OC(C)(C)C)c1cnc2sc3c(c2c1I)CCCC3. The summed E-state index contributed by atoms with van der Waals surface area (Å²) in [5.41, 5.74) is 1.76. The summed E-state index contributed by atoms with van der Waals surface area (Å²) in [6, 6.07) is 0. The number of carbonyl (C=O) groups excluding carboxylic acids is 1. The fourth-order valence-corrected chi connectivity index (χ4v) is 5.51. The lowest BCUT2D eigenvalue weighted by atomic mass is 9.96. The summed E-state index contributed by atoms with van der Waals surface area (Å²) in [4.78, 5) is 19.5. The number of carbonyl (C=O) groups is 1. The van der Waals surface area contributed by atoms with Crippen molar-refractivity contribution in [3.05, 3.63) is 25.8 Å². The third-order valence-corrected chi connectivity index (χ3v) is 6.48. The van der Waals surface area contributed by atoms with Gasteiger partial charge in [0.1, 0.15) is 4.83 Å². The van der Waals surface area contributed by atoms with E-state index in [0.29, 0.717) is 0 Å². The van der Waals surface area contributed by atoms with Gasteiger partial charge in [-0.3, -0.25) is 0 Å². The van der Waals surface area contributed by atoms with Crippen LogP contribution in [0.25, 0.3) is 10.2 Å². The molecule has 0 bridgehead atoms. The lowest BCUT2D eigenvalue weighted by molar-refractivity contribution is -0.164. The monoisotopic (exact) mass is 459 g/mol. The van der Waals surface area contributed by atoms with E-state index < -0.39 is 11.7 Å². The lowest BCUT2D eigenvalue weighted by Crippen LogP contribution is -2.28. The van der Waals surface area contributed by atoms with Crippen LogP contribution in [-0.4, -0.2) is 23.7 Å². The van der Waals surface area contributed by atoms with Crippen LogP contribution in [0.15, 0.2) is 6.20 Å². The Hall–Kier alpha value is -0.730. The molecule has 0 aromatic carbocycles. The zero-order valence-corrected chi connectivity index (χ0v) is 17.4. The highest BCUT2D eigenvalue weighted by molar-refractivity contribution is 14.1. The molecule has 2 aromatic heterocycles. The van der Waals surface area contributed by atoms with E-state index in [9.17, 15) is 4.79 Å². The van der Waals surface area contributed by atoms with E-state index in [1.807, 2.05) is 20.8 Å². The van der Waals surface area contributed by atoms with Crippen molar-refractivity contribution in [2.75, 3.05) is 7.11 Å². The zero-order chi connectivity index (χ0) is 17.5. The van der Waals surface area contributed by atoms with Crippen molar-refractivity contribution in [1.82, 2.24) is 4.98 Å². The first-order valence-corrected chi connectivity index (χ1v) is 10.1. The van der Waals surface area contributed by atoms with Crippen molar-refractivity contribution in [2.45, 2.75) is 58.2 Å². The molecule has 6 heteroatoms. The van der Waals surface area contributed by atoms with E-state index in [4.69, 9.17) is 9.47 Å². The minimum Gasteiger partial charge on any atom is -0.467 e.